The Morgan fingerprint density at radius 1 is 1.38 bits per heavy atom. The van der Waals surface area contributed by atoms with Gasteiger partial charge in [-0.15, -0.1) is 11.3 Å². The lowest BCUT2D eigenvalue weighted by molar-refractivity contribution is 0.101. The molecule has 130 valence electrons. The lowest BCUT2D eigenvalue weighted by Crippen LogP contribution is -2.19. The van der Waals surface area contributed by atoms with E-state index in [9.17, 15) is 4.79 Å². The molecule has 5 nitrogen and oxygen atoms in total. The maximum Gasteiger partial charge on any atom is 0.162 e. The Hall–Kier alpha value is -3.01. The number of nitrogens with one attached hydrogen (secondary N) is 1. The fraction of sp³-hybridized carbons (Fsp3) is 0.150. The molecule has 1 heterocycles. The van der Waals surface area contributed by atoms with Crippen LogP contribution in [0.4, 0.5) is 5.69 Å². The summed E-state index contributed by atoms with van der Waals surface area (Å²) in [6.45, 7) is 5.95. The Kier molecular flexibility index (Phi) is 5.12. The van der Waals surface area contributed by atoms with Crippen molar-refractivity contribution in [3.05, 3.63) is 59.1 Å². The van der Waals surface area contributed by atoms with E-state index in [-0.39, 0.29) is 5.78 Å². The van der Waals surface area contributed by atoms with E-state index in [1.165, 1.54) is 6.92 Å². The molecule has 0 bridgehead atoms. The van der Waals surface area contributed by atoms with Gasteiger partial charge in [-0.25, -0.2) is 4.98 Å². The van der Waals surface area contributed by atoms with Crippen LogP contribution in [0, 0.1) is 11.3 Å². The predicted octanol–water partition coefficient (Wildman–Crippen LogP) is 3.92. The predicted molar refractivity (Wildman–Crippen MR) is 106 cm³/mol. The first kappa shape index (κ1) is 17.8. The van der Waals surface area contributed by atoms with E-state index in [4.69, 9.17) is 11.0 Å². The summed E-state index contributed by atoms with van der Waals surface area (Å²) in [5.74, 6) is -0.0841. The molecule has 0 aliphatic heterocycles. The Morgan fingerprint density at radius 3 is 2.92 bits per heavy atom. The third kappa shape index (κ3) is 3.49. The van der Waals surface area contributed by atoms with Gasteiger partial charge < -0.3 is 11.1 Å². The molecular formula is C20H18N4OS. The first-order valence-electron chi connectivity index (χ1n) is 8.05. The number of ketones is 1. The van der Waals surface area contributed by atoms with Crippen molar-refractivity contribution in [2.45, 2.75) is 13.5 Å². The van der Waals surface area contributed by atoms with Crippen molar-refractivity contribution in [3.63, 3.8) is 0 Å². The van der Waals surface area contributed by atoms with Crippen LogP contribution in [0.1, 0.15) is 22.8 Å². The molecule has 3 aromatic rings. The number of aromatic nitrogens is 1. The molecule has 26 heavy (non-hydrogen) atoms. The van der Waals surface area contributed by atoms with Crippen LogP contribution in [0.25, 0.3) is 21.3 Å². The number of hydrogen-bond acceptors (Lipinski definition) is 6. The van der Waals surface area contributed by atoms with Crippen molar-refractivity contribution in [1.82, 2.24) is 10.3 Å². The summed E-state index contributed by atoms with van der Waals surface area (Å²) in [4.78, 5) is 16.5. The zero-order valence-electron chi connectivity index (χ0n) is 14.4. The van der Waals surface area contributed by atoms with Gasteiger partial charge in [-0.05, 0) is 41.8 Å². The first-order chi connectivity index (χ1) is 12.5. The maximum absolute atomic E-state index is 12.2. The van der Waals surface area contributed by atoms with Gasteiger partial charge in [-0.1, -0.05) is 18.7 Å². The number of thiazole rings is 1. The molecule has 0 saturated carbocycles. The van der Waals surface area contributed by atoms with Crippen LogP contribution in [0.2, 0.25) is 0 Å². The van der Waals surface area contributed by atoms with Gasteiger partial charge in [0.05, 0.1) is 21.8 Å². The molecule has 0 spiro atoms. The molecule has 3 N–H and O–H groups in total. The number of nitrogens with zero attached hydrogens (tertiary/aromatic N) is 2. The van der Waals surface area contributed by atoms with Crippen LogP contribution in [0.5, 0.6) is 0 Å². The smallest absolute Gasteiger partial charge is 0.162 e. The number of nitrogens with two attached hydrogens (primary N) is 1. The average Bonchev–Trinajstić information content (AvgIpc) is 3.09. The number of rotatable bonds is 6. The van der Waals surface area contributed by atoms with Gasteiger partial charge in [0.2, 0.25) is 0 Å². The second-order valence-corrected chi connectivity index (χ2v) is 6.85. The molecule has 1 aromatic heterocycles. The molecule has 2 aromatic carbocycles. The number of carbonyl (C=O) groups is 1. The van der Waals surface area contributed by atoms with E-state index >= 15 is 0 Å². The Bertz CT molecular complexity index is 1050. The monoisotopic (exact) mass is 362 g/mol. The summed E-state index contributed by atoms with van der Waals surface area (Å²) in [6, 6.07) is 11.7. The Morgan fingerprint density at radius 2 is 2.19 bits per heavy atom. The maximum atomic E-state index is 12.2. The lowest BCUT2D eigenvalue weighted by atomic mass is 9.92. The van der Waals surface area contributed by atoms with Gasteiger partial charge in [-0.3, -0.25) is 4.79 Å². The third-order valence-electron chi connectivity index (χ3n) is 4.14. The van der Waals surface area contributed by atoms with E-state index in [0.717, 1.165) is 26.9 Å². The summed E-state index contributed by atoms with van der Waals surface area (Å²) in [7, 11) is 0. The second-order valence-electron chi connectivity index (χ2n) is 5.97. The summed E-state index contributed by atoms with van der Waals surface area (Å²) < 4.78 is 1.08. The highest BCUT2D eigenvalue weighted by Gasteiger charge is 2.17. The number of hydrogen-bond donors (Lipinski definition) is 2. The summed E-state index contributed by atoms with van der Waals surface area (Å²) in [5, 5.41) is 12.0. The zero-order valence-corrected chi connectivity index (χ0v) is 15.2. The van der Waals surface area contributed by atoms with Crippen molar-refractivity contribution >= 4 is 33.0 Å². The summed E-state index contributed by atoms with van der Waals surface area (Å²) in [6.07, 6.45) is 0. The van der Waals surface area contributed by atoms with E-state index < -0.39 is 0 Å². The van der Waals surface area contributed by atoms with Crippen molar-refractivity contribution < 1.29 is 4.79 Å². The average molecular weight is 362 g/mol. The molecule has 0 aliphatic carbocycles. The molecule has 0 amide bonds. The quantitative estimate of drug-likeness (QED) is 0.394. The largest absolute Gasteiger partial charge is 0.398 e. The fourth-order valence-electron chi connectivity index (χ4n) is 2.94. The van der Waals surface area contributed by atoms with Gasteiger partial charge in [-0.2, -0.15) is 5.26 Å². The Labute approximate surface area is 155 Å². The van der Waals surface area contributed by atoms with Crippen LogP contribution in [0.15, 0.2) is 48.0 Å². The number of benzene rings is 2. The number of nitrogen functional groups attached to an aromatic ring is 1. The number of Topliss-reactive ketones (excluding diaryl/α,β-unsaturated/α-hetero) is 1. The normalized spacial score (nSPS) is 10.6. The third-order valence-corrected chi connectivity index (χ3v) is 4.93. The minimum absolute atomic E-state index is 0.0841. The molecule has 0 saturated heterocycles. The first-order valence-corrected chi connectivity index (χ1v) is 8.93. The van der Waals surface area contributed by atoms with E-state index in [0.29, 0.717) is 29.9 Å². The van der Waals surface area contributed by atoms with Gasteiger partial charge in [0.25, 0.3) is 0 Å². The van der Waals surface area contributed by atoms with E-state index in [1.807, 2.05) is 29.8 Å². The number of fused-ring (bicyclic) bond motifs is 1. The fourth-order valence-corrected chi connectivity index (χ4v) is 3.65. The molecule has 6 heteroatoms. The Balaban J connectivity index is 2.08. The zero-order chi connectivity index (χ0) is 18.7. The molecule has 0 unspecified atom stereocenters. The van der Waals surface area contributed by atoms with Crippen molar-refractivity contribution in [2.24, 2.45) is 0 Å². The lowest BCUT2D eigenvalue weighted by Gasteiger charge is -2.16. The summed E-state index contributed by atoms with van der Waals surface area (Å²) >= 11 is 1.57. The van der Waals surface area contributed by atoms with Crippen LogP contribution < -0.4 is 11.1 Å². The van der Waals surface area contributed by atoms with E-state index in [2.05, 4.69) is 22.9 Å². The van der Waals surface area contributed by atoms with Gasteiger partial charge in [0, 0.05) is 29.9 Å². The number of anilines is 1. The SMILES string of the molecule is C=C(C#N)CNCc1c(-c2ccc3ncsc3c2)ccc(N)c1C(C)=O. The highest BCUT2D eigenvalue weighted by atomic mass is 32.1. The standard InChI is InChI=1S/C20H18N4OS/c1-12(8-21)9-23-10-16-15(4-5-17(22)20(16)13(2)25)14-3-6-18-19(7-14)26-11-24-18/h3-7,11,23H,1,9-10,22H2,2H3. The highest BCUT2D eigenvalue weighted by Crippen LogP contribution is 2.33. The minimum atomic E-state index is -0.0841. The molecular weight excluding hydrogens is 344 g/mol. The second kappa shape index (κ2) is 7.48. The minimum Gasteiger partial charge on any atom is -0.398 e. The van der Waals surface area contributed by atoms with Crippen LogP contribution in [0.3, 0.4) is 0 Å². The topological polar surface area (TPSA) is 91.8 Å². The van der Waals surface area contributed by atoms with Crippen molar-refractivity contribution in [3.8, 4) is 17.2 Å². The van der Waals surface area contributed by atoms with Crippen LogP contribution >= 0.6 is 11.3 Å². The van der Waals surface area contributed by atoms with E-state index in [1.54, 1.807) is 17.4 Å². The summed E-state index contributed by atoms with van der Waals surface area (Å²) in [5.41, 5.74) is 13.0. The van der Waals surface area contributed by atoms with Crippen molar-refractivity contribution in [1.29, 1.82) is 5.26 Å². The molecule has 0 atom stereocenters. The number of nitriles is 1. The molecule has 3 rings (SSSR count). The molecule has 0 aliphatic rings. The highest BCUT2D eigenvalue weighted by molar-refractivity contribution is 7.16. The van der Waals surface area contributed by atoms with Gasteiger partial charge in [0.1, 0.15) is 0 Å². The van der Waals surface area contributed by atoms with Crippen LogP contribution in [-0.2, 0) is 6.54 Å². The molecule has 0 fully saturated rings. The van der Waals surface area contributed by atoms with Crippen LogP contribution in [-0.4, -0.2) is 17.3 Å². The number of carbonyl (C=O) groups excluding carboxylic acids is 1. The van der Waals surface area contributed by atoms with Gasteiger partial charge >= 0.3 is 0 Å². The molecule has 0 radical (unpaired) electrons. The van der Waals surface area contributed by atoms with Gasteiger partial charge in [0.15, 0.2) is 5.78 Å². The van der Waals surface area contributed by atoms with Crippen molar-refractivity contribution in [2.75, 3.05) is 12.3 Å².